The molecule has 3 aliphatic rings. The molecule has 0 bridgehead atoms. The highest BCUT2D eigenvalue weighted by Crippen LogP contribution is 2.48. The maximum absolute atomic E-state index is 12.7. The molecule has 3 fully saturated rings. The molecular formula is C18H31N3O3. The Bertz CT molecular complexity index is 502. The molecule has 2 saturated carbocycles. The van der Waals surface area contributed by atoms with Gasteiger partial charge in [-0.3, -0.25) is 9.69 Å². The molecule has 2 atom stereocenters. The molecule has 2 N–H and O–H groups in total. The first-order valence-corrected chi connectivity index (χ1v) is 9.34. The van der Waals surface area contributed by atoms with Gasteiger partial charge in [-0.1, -0.05) is 27.2 Å². The van der Waals surface area contributed by atoms with Gasteiger partial charge in [-0.15, -0.1) is 0 Å². The highest BCUT2D eigenvalue weighted by Gasteiger charge is 2.51. The third-order valence-electron chi connectivity index (χ3n) is 6.42. The maximum Gasteiger partial charge on any atom is 0.317 e. The summed E-state index contributed by atoms with van der Waals surface area (Å²) < 4.78 is 0. The Balaban J connectivity index is 1.50. The summed E-state index contributed by atoms with van der Waals surface area (Å²) in [6.07, 6.45) is 5.33. The lowest BCUT2D eigenvalue weighted by molar-refractivity contribution is -0.139. The number of likely N-dealkylation sites (tertiary alicyclic amines) is 1. The third-order valence-corrected chi connectivity index (χ3v) is 6.42. The summed E-state index contributed by atoms with van der Waals surface area (Å²) in [5.74, 6) is -0.139. The van der Waals surface area contributed by atoms with Crippen LogP contribution in [0.25, 0.3) is 0 Å². The minimum absolute atomic E-state index is 0.0854. The van der Waals surface area contributed by atoms with Crippen molar-refractivity contribution in [3.8, 4) is 0 Å². The molecule has 1 heterocycles. The predicted octanol–water partition coefficient (Wildman–Crippen LogP) is 2.14. The molecule has 3 rings (SSSR count). The second-order valence-corrected chi connectivity index (χ2v) is 8.45. The SMILES string of the molecule is CCN(CC(=O)O)C1CC(NC(=O)N2CC(C)(C)C3CCCC32)C1. The van der Waals surface area contributed by atoms with Crippen molar-refractivity contribution in [2.45, 2.75) is 71.0 Å². The number of carbonyl (C=O) groups excluding carboxylic acids is 1. The van der Waals surface area contributed by atoms with Gasteiger partial charge >= 0.3 is 12.0 Å². The van der Waals surface area contributed by atoms with Crippen molar-refractivity contribution >= 4 is 12.0 Å². The molecule has 0 spiro atoms. The topological polar surface area (TPSA) is 72.9 Å². The molecule has 0 aromatic rings. The van der Waals surface area contributed by atoms with Crippen LogP contribution in [0.1, 0.15) is 52.9 Å². The van der Waals surface area contributed by atoms with Gasteiger partial charge in [0.1, 0.15) is 0 Å². The number of hydrogen-bond acceptors (Lipinski definition) is 3. The fraction of sp³-hybridized carbons (Fsp3) is 0.889. The van der Waals surface area contributed by atoms with E-state index in [0.717, 1.165) is 32.4 Å². The summed E-state index contributed by atoms with van der Waals surface area (Å²) >= 11 is 0. The van der Waals surface area contributed by atoms with Gasteiger partial charge in [0, 0.05) is 24.7 Å². The smallest absolute Gasteiger partial charge is 0.317 e. The second kappa shape index (κ2) is 6.54. The molecule has 2 amide bonds. The van der Waals surface area contributed by atoms with Gasteiger partial charge in [0.05, 0.1) is 6.54 Å². The van der Waals surface area contributed by atoms with E-state index in [1.54, 1.807) is 0 Å². The summed E-state index contributed by atoms with van der Waals surface area (Å²) in [7, 11) is 0. The normalized spacial score (nSPS) is 34.1. The second-order valence-electron chi connectivity index (χ2n) is 8.45. The van der Waals surface area contributed by atoms with E-state index in [0.29, 0.717) is 12.0 Å². The van der Waals surface area contributed by atoms with E-state index in [1.165, 1.54) is 12.8 Å². The first kappa shape index (κ1) is 17.5. The third kappa shape index (κ3) is 3.25. The van der Waals surface area contributed by atoms with Crippen molar-refractivity contribution in [3.05, 3.63) is 0 Å². The number of rotatable bonds is 5. The predicted molar refractivity (Wildman–Crippen MR) is 91.8 cm³/mol. The van der Waals surface area contributed by atoms with Crippen LogP contribution in [0, 0.1) is 11.3 Å². The molecule has 0 aromatic heterocycles. The Morgan fingerprint density at radius 2 is 2.00 bits per heavy atom. The molecule has 6 nitrogen and oxygen atoms in total. The molecule has 24 heavy (non-hydrogen) atoms. The minimum Gasteiger partial charge on any atom is -0.480 e. The Morgan fingerprint density at radius 3 is 2.62 bits per heavy atom. The fourth-order valence-electron chi connectivity index (χ4n) is 5.06. The molecule has 6 heteroatoms. The zero-order valence-electron chi connectivity index (χ0n) is 15.1. The number of carboxylic acids is 1. The van der Waals surface area contributed by atoms with Crippen molar-refractivity contribution in [2.24, 2.45) is 11.3 Å². The van der Waals surface area contributed by atoms with E-state index in [2.05, 4.69) is 24.1 Å². The number of nitrogens with one attached hydrogen (secondary N) is 1. The number of fused-ring (bicyclic) bond motifs is 1. The Kier molecular flexibility index (Phi) is 4.78. The number of urea groups is 1. The highest BCUT2D eigenvalue weighted by atomic mass is 16.4. The van der Waals surface area contributed by atoms with Crippen LogP contribution in [0.5, 0.6) is 0 Å². The number of amides is 2. The first-order chi connectivity index (χ1) is 11.3. The van der Waals surface area contributed by atoms with Crippen LogP contribution < -0.4 is 5.32 Å². The Labute approximate surface area is 144 Å². The van der Waals surface area contributed by atoms with Crippen molar-refractivity contribution < 1.29 is 14.7 Å². The molecule has 136 valence electrons. The summed E-state index contributed by atoms with van der Waals surface area (Å²) in [5.41, 5.74) is 0.223. The summed E-state index contributed by atoms with van der Waals surface area (Å²) in [4.78, 5) is 27.7. The average Bonchev–Trinajstić information content (AvgIpc) is 3.03. The number of carbonyl (C=O) groups is 2. The molecule has 0 radical (unpaired) electrons. The van der Waals surface area contributed by atoms with Gasteiger partial charge in [0.2, 0.25) is 0 Å². The van der Waals surface area contributed by atoms with E-state index in [-0.39, 0.29) is 30.1 Å². The number of aliphatic carboxylic acids is 1. The van der Waals surface area contributed by atoms with E-state index in [9.17, 15) is 9.59 Å². The van der Waals surface area contributed by atoms with Crippen LogP contribution >= 0.6 is 0 Å². The van der Waals surface area contributed by atoms with E-state index >= 15 is 0 Å². The van der Waals surface area contributed by atoms with E-state index < -0.39 is 5.97 Å². The lowest BCUT2D eigenvalue weighted by Gasteiger charge is -2.43. The fourth-order valence-corrected chi connectivity index (χ4v) is 5.06. The van der Waals surface area contributed by atoms with Gasteiger partial charge in [-0.05, 0) is 43.6 Å². The van der Waals surface area contributed by atoms with Crippen LogP contribution in [0.2, 0.25) is 0 Å². The maximum atomic E-state index is 12.7. The zero-order chi connectivity index (χ0) is 17.5. The van der Waals surface area contributed by atoms with Crippen molar-refractivity contribution in [1.82, 2.24) is 15.1 Å². The zero-order valence-corrected chi connectivity index (χ0v) is 15.1. The molecule has 2 unspecified atom stereocenters. The van der Waals surface area contributed by atoms with Gasteiger partial charge in [0.25, 0.3) is 0 Å². The number of hydrogen-bond donors (Lipinski definition) is 2. The van der Waals surface area contributed by atoms with Gasteiger partial charge in [-0.2, -0.15) is 0 Å². The standard InChI is InChI=1S/C18H31N3O3/c1-4-20(10-16(22)23)13-8-12(9-13)19-17(24)21-11-18(2,3)14-6-5-7-15(14)21/h12-15H,4-11H2,1-3H3,(H,19,24)(H,22,23). The van der Waals surface area contributed by atoms with Crippen molar-refractivity contribution in [2.75, 3.05) is 19.6 Å². The number of nitrogens with zero attached hydrogens (tertiary/aromatic N) is 2. The molecule has 2 aliphatic carbocycles. The van der Waals surface area contributed by atoms with Crippen LogP contribution in [0.15, 0.2) is 0 Å². The quantitative estimate of drug-likeness (QED) is 0.806. The van der Waals surface area contributed by atoms with Crippen LogP contribution in [0.4, 0.5) is 4.79 Å². The molecular weight excluding hydrogens is 306 g/mol. The summed E-state index contributed by atoms with van der Waals surface area (Å²) in [5, 5.41) is 12.1. The largest absolute Gasteiger partial charge is 0.480 e. The minimum atomic E-state index is -0.782. The van der Waals surface area contributed by atoms with Gasteiger partial charge in [0.15, 0.2) is 0 Å². The van der Waals surface area contributed by atoms with Crippen LogP contribution in [0.3, 0.4) is 0 Å². The lowest BCUT2D eigenvalue weighted by Crippen LogP contribution is -2.57. The Morgan fingerprint density at radius 1 is 1.29 bits per heavy atom. The van der Waals surface area contributed by atoms with E-state index in [4.69, 9.17) is 5.11 Å². The average molecular weight is 337 g/mol. The highest BCUT2D eigenvalue weighted by molar-refractivity contribution is 5.75. The lowest BCUT2D eigenvalue weighted by atomic mass is 9.80. The molecule has 0 aromatic carbocycles. The molecule has 1 aliphatic heterocycles. The Hall–Kier alpha value is -1.30. The van der Waals surface area contributed by atoms with Crippen LogP contribution in [-0.4, -0.2) is 64.7 Å². The number of likely N-dealkylation sites (N-methyl/N-ethyl adjacent to an activating group) is 1. The molecule has 1 saturated heterocycles. The monoisotopic (exact) mass is 337 g/mol. The van der Waals surface area contributed by atoms with Crippen molar-refractivity contribution in [3.63, 3.8) is 0 Å². The summed E-state index contributed by atoms with van der Waals surface area (Å²) in [6.45, 7) is 8.24. The summed E-state index contributed by atoms with van der Waals surface area (Å²) in [6, 6.07) is 0.969. The number of carboxylic acid groups (broad SMARTS) is 1. The van der Waals surface area contributed by atoms with Crippen molar-refractivity contribution in [1.29, 1.82) is 0 Å². The first-order valence-electron chi connectivity index (χ1n) is 9.34. The van der Waals surface area contributed by atoms with Crippen LogP contribution in [-0.2, 0) is 4.79 Å². The van der Waals surface area contributed by atoms with Gasteiger partial charge < -0.3 is 15.3 Å². The van der Waals surface area contributed by atoms with Gasteiger partial charge in [-0.25, -0.2) is 4.79 Å². The van der Waals surface area contributed by atoms with E-state index in [1.807, 2.05) is 11.8 Å².